The van der Waals surface area contributed by atoms with Crippen LogP contribution in [0.25, 0.3) is 0 Å². The number of anilines is 1. The van der Waals surface area contributed by atoms with Crippen LogP contribution in [0, 0.1) is 5.41 Å². The molecular weight excluding hydrogens is 398 g/mol. The highest BCUT2D eigenvalue weighted by Gasteiger charge is 2.42. The summed E-state index contributed by atoms with van der Waals surface area (Å²) in [6.45, 7) is 3.35. The van der Waals surface area contributed by atoms with E-state index in [4.69, 9.17) is 0 Å². The molecule has 1 aromatic heterocycles. The summed E-state index contributed by atoms with van der Waals surface area (Å²) in [5.41, 5.74) is -0.924. The van der Waals surface area contributed by atoms with E-state index in [0.29, 0.717) is 9.47 Å². The zero-order chi connectivity index (χ0) is 20.0. The van der Waals surface area contributed by atoms with Gasteiger partial charge in [-0.2, -0.15) is 8.78 Å². The highest BCUT2D eigenvalue weighted by molar-refractivity contribution is 8.01. The fraction of sp³-hybridized carbons (Fsp3) is 0.714. The first kappa shape index (κ1) is 22.6. The quantitative estimate of drug-likeness (QED) is 0.270. The molecule has 0 spiro atoms. The van der Waals surface area contributed by atoms with Crippen molar-refractivity contribution in [1.29, 1.82) is 0 Å². The van der Waals surface area contributed by atoms with Gasteiger partial charge in [0.1, 0.15) is 0 Å². The second-order valence-electron chi connectivity index (χ2n) is 6.09. The first-order valence-corrected chi connectivity index (χ1v) is 9.33. The number of carbonyl (C=O) groups is 2. The Labute approximate surface area is 156 Å². The second-order valence-corrected chi connectivity index (χ2v) is 8.58. The largest absolute Gasteiger partial charge is 0.459 e. The number of aromatic nitrogens is 2. The van der Waals surface area contributed by atoms with Crippen molar-refractivity contribution in [3.8, 4) is 0 Å². The first-order chi connectivity index (χ1) is 11.9. The molecule has 1 rings (SSSR count). The molecule has 0 radical (unpaired) electrons. The molecule has 1 amide bonds. The Kier molecular flexibility index (Phi) is 8.25. The molecule has 0 aliphatic rings. The SMILES string of the molecule is CCSc1nnc(NC(=O)CC(C)(C)CC(=O)OCC(F)(F)C(F)F)s1. The van der Waals surface area contributed by atoms with Gasteiger partial charge >= 0.3 is 18.3 Å². The van der Waals surface area contributed by atoms with Crippen LogP contribution >= 0.6 is 23.1 Å². The van der Waals surface area contributed by atoms with Crippen LogP contribution in [-0.4, -0.2) is 46.8 Å². The van der Waals surface area contributed by atoms with Crippen LogP contribution in [0.4, 0.5) is 22.7 Å². The molecule has 0 unspecified atom stereocenters. The summed E-state index contributed by atoms with van der Waals surface area (Å²) < 4.78 is 54.4. The number of carbonyl (C=O) groups excluding carboxylic acids is 2. The molecule has 0 atom stereocenters. The standard InChI is InChI=1S/C14H19F4N3O3S2/c1-4-25-12-21-20-11(26-12)19-8(22)5-13(2,3)6-9(23)24-7-14(17,18)10(15)16/h10H,4-7H2,1-3H3,(H,19,20,22). The normalized spacial score (nSPS) is 12.3. The molecule has 1 heterocycles. The van der Waals surface area contributed by atoms with Crippen LogP contribution in [0.2, 0.25) is 0 Å². The molecule has 0 aliphatic carbocycles. The molecule has 0 bridgehead atoms. The van der Waals surface area contributed by atoms with E-state index < -0.39 is 36.2 Å². The first-order valence-electron chi connectivity index (χ1n) is 7.53. The molecule has 0 aromatic carbocycles. The Morgan fingerprint density at radius 2 is 1.92 bits per heavy atom. The number of hydrogen-bond acceptors (Lipinski definition) is 7. The minimum absolute atomic E-state index is 0.122. The van der Waals surface area contributed by atoms with Gasteiger partial charge < -0.3 is 10.1 Å². The maximum atomic E-state index is 12.7. The summed E-state index contributed by atoms with van der Waals surface area (Å²) in [7, 11) is 0. The lowest BCUT2D eigenvalue weighted by Crippen LogP contribution is -2.34. The van der Waals surface area contributed by atoms with Crippen LogP contribution in [0.1, 0.15) is 33.6 Å². The number of nitrogens with one attached hydrogen (secondary N) is 1. The lowest BCUT2D eigenvalue weighted by molar-refractivity contribution is -0.181. The van der Waals surface area contributed by atoms with E-state index in [2.05, 4.69) is 20.3 Å². The molecule has 26 heavy (non-hydrogen) atoms. The van der Waals surface area contributed by atoms with Gasteiger partial charge in [0.2, 0.25) is 11.0 Å². The highest BCUT2D eigenvalue weighted by Crippen LogP contribution is 2.29. The number of hydrogen-bond donors (Lipinski definition) is 1. The molecule has 1 aromatic rings. The number of alkyl halides is 4. The third-order valence-corrected chi connectivity index (χ3v) is 4.78. The fourth-order valence-corrected chi connectivity index (χ4v) is 3.45. The van der Waals surface area contributed by atoms with Crippen molar-refractivity contribution in [2.75, 3.05) is 17.7 Å². The Morgan fingerprint density at radius 3 is 2.50 bits per heavy atom. The predicted molar refractivity (Wildman–Crippen MR) is 89.9 cm³/mol. The zero-order valence-electron chi connectivity index (χ0n) is 14.4. The van der Waals surface area contributed by atoms with Crippen molar-refractivity contribution in [1.82, 2.24) is 10.2 Å². The lowest BCUT2D eigenvalue weighted by Gasteiger charge is -2.23. The van der Waals surface area contributed by atoms with Crippen LogP contribution in [0.15, 0.2) is 4.34 Å². The van der Waals surface area contributed by atoms with Gasteiger partial charge in [-0.05, 0) is 11.2 Å². The van der Waals surface area contributed by atoms with Crippen LogP contribution in [0.3, 0.4) is 0 Å². The average molecular weight is 417 g/mol. The number of ether oxygens (including phenoxy) is 1. The topological polar surface area (TPSA) is 81.2 Å². The number of esters is 1. The van der Waals surface area contributed by atoms with E-state index in [1.54, 1.807) is 13.8 Å². The van der Waals surface area contributed by atoms with E-state index >= 15 is 0 Å². The lowest BCUT2D eigenvalue weighted by atomic mass is 9.85. The van der Waals surface area contributed by atoms with E-state index in [-0.39, 0.29) is 12.8 Å². The number of thioether (sulfide) groups is 1. The zero-order valence-corrected chi connectivity index (χ0v) is 16.0. The Hall–Kier alpha value is -1.43. The second kappa shape index (κ2) is 9.49. The van der Waals surface area contributed by atoms with Gasteiger partial charge in [0.25, 0.3) is 0 Å². The smallest absolute Gasteiger partial charge is 0.340 e. The number of halogens is 4. The minimum Gasteiger partial charge on any atom is -0.459 e. The van der Waals surface area contributed by atoms with Gasteiger partial charge in [0.05, 0.1) is 6.42 Å². The van der Waals surface area contributed by atoms with Gasteiger partial charge in [-0.25, -0.2) is 8.78 Å². The predicted octanol–water partition coefficient (Wildman–Crippen LogP) is 3.84. The maximum Gasteiger partial charge on any atom is 0.340 e. The molecule has 1 N–H and O–H groups in total. The molecule has 6 nitrogen and oxygen atoms in total. The van der Waals surface area contributed by atoms with E-state index in [9.17, 15) is 27.2 Å². The van der Waals surface area contributed by atoms with Gasteiger partial charge in [0.15, 0.2) is 10.9 Å². The number of rotatable bonds is 10. The molecule has 0 aliphatic heterocycles. The van der Waals surface area contributed by atoms with Gasteiger partial charge in [-0.1, -0.05) is 43.9 Å². The average Bonchev–Trinajstić information content (AvgIpc) is 2.91. The molecule has 0 fully saturated rings. The van der Waals surface area contributed by atoms with Gasteiger partial charge in [-0.15, -0.1) is 10.2 Å². The molecule has 0 saturated carbocycles. The van der Waals surface area contributed by atoms with Crippen molar-refractivity contribution in [3.63, 3.8) is 0 Å². The maximum absolute atomic E-state index is 12.7. The summed E-state index contributed by atoms with van der Waals surface area (Å²) in [6.07, 6.45) is -4.42. The summed E-state index contributed by atoms with van der Waals surface area (Å²) in [5.74, 6) is -5.11. The molecule has 148 valence electrons. The van der Waals surface area contributed by atoms with Crippen molar-refractivity contribution in [3.05, 3.63) is 0 Å². The molecular formula is C14H19F4N3O3S2. The number of nitrogens with zero attached hydrogens (tertiary/aromatic N) is 2. The molecule has 12 heteroatoms. The van der Waals surface area contributed by atoms with Crippen LogP contribution in [-0.2, 0) is 14.3 Å². The Bertz CT molecular complexity index is 626. The summed E-state index contributed by atoms with van der Waals surface area (Å²) in [5, 5.41) is 10.5. The van der Waals surface area contributed by atoms with Crippen molar-refractivity contribution >= 4 is 40.1 Å². The van der Waals surface area contributed by atoms with Crippen LogP contribution < -0.4 is 5.32 Å². The third-order valence-electron chi connectivity index (χ3n) is 2.93. The third kappa shape index (κ3) is 7.85. The summed E-state index contributed by atoms with van der Waals surface area (Å²) in [4.78, 5) is 23.6. The minimum atomic E-state index is -4.40. The van der Waals surface area contributed by atoms with Gasteiger partial charge in [0, 0.05) is 6.42 Å². The van der Waals surface area contributed by atoms with Crippen molar-refractivity contribution < 1.29 is 31.9 Å². The van der Waals surface area contributed by atoms with Crippen molar-refractivity contribution in [2.45, 2.75) is 50.3 Å². The summed E-state index contributed by atoms with van der Waals surface area (Å²) in [6, 6.07) is 0. The monoisotopic (exact) mass is 417 g/mol. The number of amides is 1. The van der Waals surface area contributed by atoms with E-state index in [1.165, 1.54) is 23.1 Å². The molecule has 0 saturated heterocycles. The Balaban J connectivity index is 2.48. The van der Waals surface area contributed by atoms with E-state index in [1.807, 2.05) is 6.92 Å². The van der Waals surface area contributed by atoms with Crippen LogP contribution in [0.5, 0.6) is 0 Å². The van der Waals surface area contributed by atoms with E-state index in [0.717, 1.165) is 5.75 Å². The fourth-order valence-electron chi connectivity index (χ4n) is 1.78. The van der Waals surface area contributed by atoms with Gasteiger partial charge in [-0.3, -0.25) is 9.59 Å². The summed E-state index contributed by atoms with van der Waals surface area (Å²) >= 11 is 2.67. The Morgan fingerprint density at radius 1 is 1.27 bits per heavy atom. The van der Waals surface area contributed by atoms with Crippen molar-refractivity contribution in [2.24, 2.45) is 5.41 Å². The highest BCUT2D eigenvalue weighted by atomic mass is 32.2.